The third-order valence-corrected chi connectivity index (χ3v) is 4.52. The van der Waals surface area contributed by atoms with Gasteiger partial charge in [0.15, 0.2) is 0 Å². The maximum Gasteiger partial charge on any atom is 0.00608 e. The van der Waals surface area contributed by atoms with Crippen LogP contribution in [0.2, 0.25) is 0 Å². The molecule has 15 heavy (non-hydrogen) atoms. The van der Waals surface area contributed by atoms with Gasteiger partial charge in [-0.05, 0) is 25.8 Å². The Balaban J connectivity index is 1.73. The molecule has 0 aromatic heterocycles. The molecule has 1 rings (SSSR count). The third kappa shape index (κ3) is 7.24. The van der Waals surface area contributed by atoms with Gasteiger partial charge in [-0.3, -0.25) is 0 Å². The van der Waals surface area contributed by atoms with E-state index in [4.69, 9.17) is 0 Å². The highest BCUT2D eigenvalue weighted by molar-refractivity contribution is 7.99. The van der Waals surface area contributed by atoms with E-state index in [0.717, 1.165) is 5.25 Å². The fourth-order valence-electron chi connectivity index (χ4n) is 2.15. The van der Waals surface area contributed by atoms with Gasteiger partial charge in [0.05, 0.1) is 0 Å². The van der Waals surface area contributed by atoms with Crippen LogP contribution in [0.1, 0.15) is 58.3 Å². The van der Waals surface area contributed by atoms with Crippen LogP contribution in [0.25, 0.3) is 0 Å². The second-order valence-electron chi connectivity index (χ2n) is 4.59. The van der Waals surface area contributed by atoms with Crippen molar-refractivity contribution >= 4 is 11.8 Å². The second kappa shape index (κ2) is 9.53. The van der Waals surface area contributed by atoms with Crippen LogP contribution in [0.4, 0.5) is 0 Å². The van der Waals surface area contributed by atoms with Crippen LogP contribution in [0.5, 0.6) is 0 Å². The Labute approximate surface area is 99.8 Å². The van der Waals surface area contributed by atoms with E-state index in [1.165, 1.54) is 70.2 Å². The summed E-state index contributed by atoms with van der Waals surface area (Å²) in [6.45, 7) is 4.71. The highest BCUT2D eigenvalue weighted by Gasteiger charge is 2.14. The molecule has 0 radical (unpaired) electrons. The highest BCUT2D eigenvalue weighted by atomic mass is 32.2. The molecule has 0 unspecified atom stereocenters. The highest BCUT2D eigenvalue weighted by Crippen LogP contribution is 2.28. The smallest absolute Gasteiger partial charge is 0.00608 e. The van der Waals surface area contributed by atoms with E-state index < -0.39 is 0 Å². The molecule has 0 atom stereocenters. The van der Waals surface area contributed by atoms with Gasteiger partial charge in [0.25, 0.3) is 0 Å². The zero-order chi connectivity index (χ0) is 10.8. The molecular weight excluding hydrogens is 202 g/mol. The lowest BCUT2D eigenvalue weighted by atomic mass is 10.2. The molecule has 1 saturated carbocycles. The molecule has 2 heteroatoms. The SMILES string of the molecule is CCCCCCNCCSC1CCCC1. The zero-order valence-electron chi connectivity index (χ0n) is 10.3. The molecule has 1 N–H and O–H groups in total. The van der Waals surface area contributed by atoms with Crippen molar-refractivity contribution in [1.82, 2.24) is 5.32 Å². The van der Waals surface area contributed by atoms with E-state index >= 15 is 0 Å². The minimum absolute atomic E-state index is 0.992. The summed E-state index contributed by atoms with van der Waals surface area (Å²) in [6.07, 6.45) is 11.4. The first-order valence-electron chi connectivity index (χ1n) is 6.76. The lowest BCUT2D eigenvalue weighted by molar-refractivity contribution is 0.612. The van der Waals surface area contributed by atoms with Gasteiger partial charge in [-0.15, -0.1) is 0 Å². The van der Waals surface area contributed by atoms with Crippen molar-refractivity contribution in [2.45, 2.75) is 63.5 Å². The summed E-state index contributed by atoms with van der Waals surface area (Å²) in [6, 6.07) is 0. The molecule has 0 saturated heterocycles. The van der Waals surface area contributed by atoms with Gasteiger partial charge in [-0.1, -0.05) is 39.0 Å². The summed E-state index contributed by atoms with van der Waals surface area (Å²) in [5.41, 5.74) is 0. The Kier molecular flexibility index (Phi) is 8.50. The summed E-state index contributed by atoms with van der Waals surface area (Å²) in [4.78, 5) is 0. The first-order chi connectivity index (χ1) is 7.43. The van der Waals surface area contributed by atoms with E-state index in [2.05, 4.69) is 24.0 Å². The summed E-state index contributed by atoms with van der Waals surface area (Å²) in [7, 11) is 0. The van der Waals surface area contributed by atoms with Crippen LogP contribution in [-0.4, -0.2) is 24.1 Å². The molecule has 0 aromatic rings. The number of thioether (sulfide) groups is 1. The predicted octanol–water partition coefficient (Wildman–Crippen LogP) is 3.83. The topological polar surface area (TPSA) is 12.0 Å². The van der Waals surface area contributed by atoms with Crippen LogP contribution >= 0.6 is 11.8 Å². The zero-order valence-corrected chi connectivity index (χ0v) is 11.1. The normalized spacial score (nSPS) is 17.4. The first-order valence-corrected chi connectivity index (χ1v) is 7.80. The summed E-state index contributed by atoms with van der Waals surface area (Å²) < 4.78 is 0. The van der Waals surface area contributed by atoms with E-state index in [1.807, 2.05) is 0 Å². The number of nitrogens with one attached hydrogen (secondary N) is 1. The number of hydrogen-bond acceptors (Lipinski definition) is 2. The van der Waals surface area contributed by atoms with Crippen LogP contribution < -0.4 is 5.32 Å². The number of rotatable bonds is 9. The molecule has 0 aliphatic heterocycles. The minimum Gasteiger partial charge on any atom is -0.316 e. The van der Waals surface area contributed by atoms with Crippen molar-refractivity contribution in [3.63, 3.8) is 0 Å². The van der Waals surface area contributed by atoms with Gasteiger partial charge < -0.3 is 5.32 Å². The molecule has 0 aromatic carbocycles. The van der Waals surface area contributed by atoms with Crippen molar-refractivity contribution in [2.24, 2.45) is 0 Å². The lowest BCUT2D eigenvalue weighted by Gasteiger charge is -2.09. The van der Waals surface area contributed by atoms with Gasteiger partial charge in [0.1, 0.15) is 0 Å². The van der Waals surface area contributed by atoms with Gasteiger partial charge >= 0.3 is 0 Å². The van der Waals surface area contributed by atoms with Crippen molar-refractivity contribution in [1.29, 1.82) is 0 Å². The Morgan fingerprint density at radius 3 is 2.60 bits per heavy atom. The average Bonchev–Trinajstić information content (AvgIpc) is 2.75. The summed E-state index contributed by atoms with van der Waals surface area (Å²) in [5, 5.41) is 4.54. The Bertz CT molecular complexity index is 132. The van der Waals surface area contributed by atoms with E-state index in [9.17, 15) is 0 Å². The number of hydrogen-bond donors (Lipinski definition) is 1. The van der Waals surface area contributed by atoms with Crippen LogP contribution in [0, 0.1) is 0 Å². The number of unbranched alkanes of at least 4 members (excludes halogenated alkanes) is 3. The molecule has 0 bridgehead atoms. The van der Waals surface area contributed by atoms with Gasteiger partial charge in [0.2, 0.25) is 0 Å². The van der Waals surface area contributed by atoms with Gasteiger partial charge in [0, 0.05) is 17.5 Å². The summed E-state index contributed by atoms with van der Waals surface area (Å²) >= 11 is 2.19. The average molecular weight is 229 g/mol. The second-order valence-corrected chi connectivity index (χ2v) is 6.00. The summed E-state index contributed by atoms with van der Waals surface area (Å²) in [5.74, 6) is 1.32. The van der Waals surface area contributed by atoms with Crippen molar-refractivity contribution < 1.29 is 0 Å². The molecule has 1 fully saturated rings. The monoisotopic (exact) mass is 229 g/mol. The predicted molar refractivity (Wildman–Crippen MR) is 71.7 cm³/mol. The van der Waals surface area contributed by atoms with Crippen molar-refractivity contribution in [3.8, 4) is 0 Å². The molecule has 0 heterocycles. The third-order valence-electron chi connectivity index (χ3n) is 3.14. The Morgan fingerprint density at radius 2 is 1.87 bits per heavy atom. The molecule has 1 aliphatic rings. The molecule has 0 spiro atoms. The molecule has 1 nitrogen and oxygen atoms in total. The van der Waals surface area contributed by atoms with Gasteiger partial charge in [-0.25, -0.2) is 0 Å². The van der Waals surface area contributed by atoms with Crippen molar-refractivity contribution in [2.75, 3.05) is 18.8 Å². The molecule has 0 amide bonds. The Hall–Kier alpha value is 0.310. The standard InChI is InChI=1S/C13H27NS/c1-2-3-4-7-10-14-11-12-15-13-8-5-6-9-13/h13-14H,2-12H2,1H3. The van der Waals surface area contributed by atoms with Crippen LogP contribution in [0.15, 0.2) is 0 Å². The quantitative estimate of drug-likeness (QED) is 0.603. The van der Waals surface area contributed by atoms with Crippen LogP contribution in [0.3, 0.4) is 0 Å². The maximum atomic E-state index is 3.55. The molecular formula is C13H27NS. The lowest BCUT2D eigenvalue weighted by Crippen LogP contribution is -2.19. The molecule has 1 aliphatic carbocycles. The van der Waals surface area contributed by atoms with Gasteiger partial charge in [-0.2, -0.15) is 11.8 Å². The largest absolute Gasteiger partial charge is 0.316 e. The van der Waals surface area contributed by atoms with E-state index in [1.54, 1.807) is 0 Å². The van der Waals surface area contributed by atoms with E-state index in [-0.39, 0.29) is 0 Å². The fourth-order valence-corrected chi connectivity index (χ4v) is 3.42. The van der Waals surface area contributed by atoms with Crippen molar-refractivity contribution in [3.05, 3.63) is 0 Å². The molecule has 90 valence electrons. The minimum atomic E-state index is 0.992. The maximum absolute atomic E-state index is 3.55. The Morgan fingerprint density at radius 1 is 1.07 bits per heavy atom. The first kappa shape index (κ1) is 13.4. The fraction of sp³-hybridized carbons (Fsp3) is 1.00. The van der Waals surface area contributed by atoms with Crippen LogP contribution in [-0.2, 0) is 0 Å². The van der Waals surface area contributed by atoms with E-state index in [0.29, 0.717) is 0 Å².